The number of hydrogen-bond donors (Lipinski definition) is 2. The molecule has 1 saturated carbocycles. The van der Waals surface area contributed by atoms with Crippen LogP contribution in [0.2, 0.25) is 0 Å². The van der Waals surface area contributed by atoms with Crippen molar-refractivity contribution in [2.75, 3.05) is 6.54 Å². The van der Waals surface area contributed by atoms with Crippen molar-refractivity contribution in [3.63, 3.8) is 0 Å². The Morgan fingerprint density at radius 2 is 2.20 bits per heavy atom. The van der Waals surface area contributed by atoms with Crippen LogP contribution in [0.4, 0.5) is 0 Å². The lowest BCUT2D eigenvalue weighted by atomic mass is 9.87. The molecule has 1 amide bonds. The number of aliphatic hydroxyl groups is 1. The first-order chi connectivity index (χ1) is 9.47. The molecule has 1 fully saturated rings. The summed E-state index contributed by atoms with van der Waals surface area (Å²) < 4.78 is 1.81. The summed E-state index contributed by atoms with van der Waals surface area (Å²) in [6.07, 6.45) is 4.07. The van der Waals surface area contributed by atoms with E-state index in [0.29, 0.717) is 18.9 Å². The molecule has 0 aromatic carbocycles. The molecule has 1 heterocycles. The number of nitrogens with zero attached hydrogens (tertiary/aromatic N) is 2. The summed E-state index contributed by atoms with van der Waals surface area (Å²) in [4.78, 5) is 12.0. The van der Waals surface area contributed by atoms with Gasteiger partial charge in [-0.1, -0.05) is 6.42 Å². The maximum Gasteiger partial charge on any atom is 0.224 e. The van der Waals surface area contributed by atoms with Crippen LogP contribution in [0.15, 0.2) is 0 Å². The Balaban J connectivity index is 1.83. The minimum absolute atomic E-state index is 0.0456. The summed E-state index contributed by atoms with van der Waals surface area (Å²) in [5.74, 6) is 0.461. The summed E-state index contributed by atoms with van der Waals surface area (Å²) in [6.45, 7) is 4.60. The molecule has 0 spiro atoms. The fourth-order valence-electron chi connectivity index (χ4n) is 3.00. The molecular formula is C15H25N3O2. The van der Waals surface area contributed by atoms with Gasteiger partial charge in [-0.25, -0.2) is 0 Å². The predicted octanol–water partition coefficient (Wildman–Crippen LogP) is 1.25. The van der Waals surface area contributed by atoms with E-state index in [0.717, 1.165) is 42.6 Å². The van der Waals surface area contributed by atoms with Crippen LogP contribution in [0.5, 0.6) is 0 Å². The minimum Gasteiger partial charge on any atom is -0.393 e. The monoisotopic (exact) mass is 279 g/mol. The highest BCUT2D eigenvalue weighted by molar-refractivity contribution is 5.79. The van der Waals surface area contributed by atoms with Gasteiger partial charge in [-0.2, -0.15) is 5.10 Å². The van der Waals surface area contributed by atoms with Crippen molar-refractivity contribution in [1.82, 2.24) is 15.1 Å². The van der Waals surface area contributed by atoms with E-state index in [1.165, 1.54) is 0 Å². The third-order valence-corrected chi connectivity index (χ3v) is 4.34. The molecule has 2 N–H and O–H groups in total. The van der Waals surface area contributed by atoms with Gasteiger partial charge in [0.05, 0.1) is 18.2 Å². The van der Waals surface area contributed by atoms with Gasteiger partial charge >= 0.3 is 0 Å². The van der Waals surface area contributed by atoms with E-state index >= 15 is 0 Å². The third kappa shape index (κ3) is 3.60. The molecule has 5 heteroatoms. The number of aryl methyl sites for hydroxylation is 2. The summed E-state index contributed by atoms with van der Waals surface area (Å²) in [7, 11) is 1.90. The molecule has 112 valence electrons. The maximum atomic E-state index is 12.0. The Labute approximate surface area is 120 Å². The topological polar surface area (TPSA) is 67.2 Å². The van der Waals surface area contributed by atoms with Crippen LogP contribution in [0.25, 0.3) is 0 Å². The van der Waals surface area contributed by atoms with Crippen molar-refractivity contribution >= 4 is 5.91 Å². The number of carbonyl (C=O) groups is 1. The molecule has 2 unspecified atom stereocenters. The lowest BCUT2D eigenvalue weighted by Gasteiger charge is -2.25. The summed E-state index contributed by atoms with van der Waals surface area (Å²) in [6, 6.07) is 0. The van der Waals surface area contributed by atoms with Gasteiger partial charge in [0.15, 0.2) is 0 Å². The summed E-state index contributed by atoms with van der Waals surface area (Å²) >= 11 is 0. The van der Waals surface area contributed by atoms with Crippen molar-refractivity contribution in [2.45, 2.75) is 52.1 Å². The standard InChI is InChI=1S/C15H25N3O2/c1-10-14(11(2)18(3)17-10)8-15(20)16-9-12-5-4-6-13(19)7-12/h12-13,19H,4-9H2,1-3H3,(H,16,20). The highest BCUT2D eigenvalue weighted by Crippen LogP contribution is 2.23. The van der Waals surface area contributed by atoms with E-state index in [9.17, 15) is 9.90 Å². The summed E-state index contributed by atoms with van der Waals surface area (Å²) in [5.41, 5.74) is 2.99. The quantitative estimate of drug-likeness (QED) is 0.871. The SMILES string of the molecule is Cc1nn(C)c(C)c1CC(=O)NCC1CCCC(O)C1. The Bertz CT molecular complexity index is 482. The fourth-order valence-corrected chi connectivity index (χ4v) is 3.00. The van der Waals surface area contributed by atoms with Gasteiger partial charge in [0.2, 0.25) is 5.91 Å². The molecule has 1 aromatic rings. The molecule has 2 rings (SSSR count). The molecule has 0 radical (unpaired) electrons. The first-order valence-corrected chi connectivity index (χ1v) is 7.41. The number of hydrogen-bond acceptors (Lipinski definition) is 3. The first kappa shape index (κ1) is 15.0. The molecular weight excluding hydrogens is 254 g/mol. The normalized spacial score (nSPS) is 22.8. The van der Waals surface area contributed by atoms with Crippen LogP contribution in [0, 0.1) is 19.8 Å². The Morgan fingerprint density at radius 3 is 2.80 bits per heavy atom. The number of aliphatic hydroxyl groups excluding tert-OH is 1. The van der Waals surface area contributed by atoms with Gasteiger partial charge in [-0.15, -0.1) is 0 Å². The number of amides is 1. The molecule has 5 nitrogen and oxygen atoms in total. The second kappa shape index (κ2) is 6.39. The van der Waals surface area contributed by atoms with Crippen molar-refractivity contribution in [1.29, 1.82) is 0 Å². The average Bonchev–Trinajstić information content (AvgIpc) is 2.63. The van der Waals surface area contributed by atoms with Gasteiger partial charge in [0.25, 0.3) is 0 Å². The van der Waals surface area contributed by atoms with Crippen LogP contribution in [0.3, 0.4) is 0 Å². The van der Waals surface area contributed by atoms with Gasteiger partial charge in [-0.05, 0) is 39.0 Å². The van der Waals surface area contributed by atoms with E-state index < -0.39 is 0 Å². The van der Waals surface area contributed by atoms with Crippen molar-refractivity contribution in [2.24, 2.45) is 13.0 Å². The maximum absolute atomic E-state index is 12.0. The lowest BCUT2D eigenvalue weighted by molar-refractivity contribution is -0.120. The number of rotatable bonds is 4. The van der Waals surface area contributed by atoms with E-state index in [1.54, 1.807) is 0 Å². The lowest BCUT2D eigenvalue weighted by Crippen LogP contribution is -2.33. The van der Waals surface area contributed by atoms with Crippen molar-refractivity contribution in [3.05, 3.63) is 17.0 Å². The molecule has 2 atom stereocenters. The number of nitrogens with one attached hydrogen (secondary N) is 1. The van der Waals surface area contributed by atoms with Crippen LogP contribution < -0.4 is 5.32 Å². The molecule has 0 saturated heterocycles. The molecule has 1 aliphatic carbocycles. The van der Waals surface area contributed by atoms with Crippen molar-refractivity contribution in [3.8, 4) is 0 Å². The Hall–Kier alpha value is -1.36. The van der Waals surface area contributed by atoms with Crippen LogP contribution in [-0.4, -0.2) is 33.4 Å². The zero-order valence-electron chi connectivity index (χ0n) is 12.6. The first-order valence-electron chi connectivity index (χ1n) is 7.41. The molecule has 0 bridgehead atoms. The fraction of sp³-hybridized carbons (Fsp3) is 0.733. The zero-order valence-corrected chi connectivity index (χ0v) is 12.6. The van der Waals surface area contributed by atoms with Gasteiger partial charge in [0.1, 0.15) is 0 Å². The number of aromatic nitrogens is 2. The molecule has 20 heavy (non-hydrogen) atoms. The van der Waals surface area contributed by atoms with E-state index in [-0.39, 0.29) is 12.0 Å². The zero-order chi connectivity index (χ0) is 14.7. The Morgan fingerprint density at radius 1 is 1.45 bits per heavy atom. The number of carbonyl (C=O) groups excluding carboxylic acids is 1. The third-order valence-electron chi connectivity index (χ3n) is 4.34. The highest BCUT2D eigenvalue weighted by Gasteiger charge is 2.21. The second-order valence-electron chi connectivity index (χ2n) is 5.94. The van der Waals surface area contributed by atoms with Gasteiger partial charge in [-0.3, -0.25) is 9.48 Å². The smallest absolute Gasteiger partial charge is 0.224 e. The van der Waals surface area contributed by atoms with E-state index in [4.69, 9.17) is 0 Å². The largest absolute Gasteiger partial charge is 0.393 e. The van der Waals surface area contributed by atoms with Gasteiger partial charge < -0.3 is 10.4 Å². The molecule has 1 aromatic heterocycles. The summed E-state index contributed by atoms with van der Waals surface area (Å²) in [5, 5.41) is 17.0. The van der Waals surface area contributed by atoms with Crippen LogP contribution in [0.1, 0.15) is 42.6 Å². The second-order valence-corrected chi connectivity index (χ2v) is 5.94. The van der Waals surface area contributed by atoms with Crippen LogP contribution >= 0.6 is 0 Å². The van der Waals surface area contributed by atoms with Gasteiger partial charge in [0, 0.05) is 24.8 Å². The molecule has 1 aliphatic rings. The van der Waals surface area contributed by atoms with E-state index in [1.807, 2.05) is 25.6 Å². The van der Waals surface area contributed by atoms with E-state index in [2.05, 4.69) is 10.4 Å². The Kier molecular flexibility index (Phi) is 4.81. The highest BCUT2D eigenvalue weighted by atomic mass is 16.3. The van der Waals surface area contributed by atoms with Crippen molar-refractivity contribution < 1.29 is 9.90 Å². The average molecular weight is 279 g/mol. The predicted molar refractivity (Wildman–Crippen MR) is 77.4 cm³/mol. The van der Waals surface area contributed by atoms with Crippen LogP contribution in [-0.2, 0) is 18.3 Å². The molecule has 0 aliphatic heterocycles. The minimum atomic E-state index is -0.187.